The first-order valence-corrected chi connectivity index (χ1v) is 15.6. The fraction of sp³-hybridized carbons (Fsp3) is 0.355. The van der Waals surface area contributed by atoms with E-state index in [2.05, 4.69) is 20.9 Å². The lowest BCUT2D eigenvalue weighted by molar-refractivity contribution is -0.132. The van der Waals surface area contributed by atoms with Crippen molar-refractivity contribution in [2.45, 2.75) is 38.8 Å². The van der Waals surface area contributed by atoms with Crippen LogP contribution in [0.15, 0.2) is 53.9 Å². The van der Waals surface area contributed by atoms with E-state index in [4.69, 9.17) is 14.2 Å². The molecule has 0 radical (unpaired) electrons. The second-order valence-electron chi connectivity index (χ2n) is 10.9. The van der Waals surface area contributed by atoms with E-state index in [0.29, 0.717) is 47.4 Å². The molecule has 2 aromatic carbocycles. The maximum absolute atomic E-state index is 13.3. The number of fused-ring (bicyclic) bond motifs is 1. The summed E-state index contributed by atoms with van der Waals surface area (Å²) >= 11 is 2.94. The third kappa shape index (κ3) is 8.83. The Labute approximate surface area is 264 Å². The molecule has 2 aromatic heterocycles. The Kier molecular flexibility index (Phi) is 10.7. The molecule has 0 fully saturated rings. The van der Waals surface area contributed by atoms with Crippen LogP contribution in [-0.2, 0) is 16.0 Å². The second-order valence-corrected chi connectivity index (χ2v) is 13.0. The largest absolute Gasteiger partial charge is 0.493 e. The van der Waals surface area contributed by atoms with Gasteiger partial charge < -0.3 is 35.1 Å². The minimum absolute atomic E-state index is 0.222. The number of methoxy groups -OCH3 is 2. The monoisotopic (exact) mass is 639 g/mol. The van der Waals surface area contributed by atoms with Crippen molar-refractivity contribution in [2.75, 3.05) is 45.0 Å². The molecule has 44 heavy (non-hydrogen) atoms. The first kappa shape index (κ1) is 32.6. The predicted molar refractivity (Wildman–Crippen MR) is 174 cm³/mol. The number of likely N-dealkylation sites (N-methyl/N-ethyl adjacent to an activating group) is 1. The van der Waals surface area contributed by atoms with Crippen LogP contribution < -0.4 is 25.4 Å². The lowest BCUT2D eigenvalue weighted by atomic mass is 10.1. The van der Waals surface area contributed by atoms with E-state index in [0.717, 1.165) is 15.1 Å². The van der Waals surface area contributed by atoms with Crippen molar-refractivity contribution >= 4 is 61.6 Å². The highest BCUT2D eigenvalue weighted by molar-refractivity contribution is 7.22. The van der Waals surface area contributed by atoms with E-state index in [9.17, 15) is 14.4 Å². The van der Waals surface area contributed by atoms with Crippen molar-refractivity contribution in [3.8, 4) is 11.5 Å². The molecule has 2 heterocycles. The van der Waals surface area contributed by atoms with E-state index in [1.165, 1.54) is 29.8 Å². The van der Waals surface area contributed by atoms with E-state index in [1.807, 2.05) is 17.5 Å². The highest BCUT2D eigenvalue weighted by Crippen LogP contribution is 2.31. The molecular weight excluding hydrogens is 603 g/mol. The van der Waals surface area contributed by atoms with Crippen molar-refractivity contribution in [3.63, 3.8) is 0 Å². The Hall–Kier alpha value is -4.36. The van der Waals surface area contributed by atoms with Crippen molar-refractivity contribution in [1.82, 2.24) is 15.2 Å². The quantitative estimate of drug-likeness (QED) is 0.182. The maximum atomic E-state index is 13.3. The molecule has 0 unspecified atom stereocenters. The van der Waals surface area contributed by atoms with E-state index < -0.39 is 17.7 Å². The summed E-state index contributed by atoms with van der Waals surface area (Å²) in [6.45, 7) is 6.15. The molecule has 4 aromatic rings. The standard InChI is InChI=1S/C31H37N5O6S2/c1-31(2,3)42-30(39)35-23(18-21-8-7-15-43-21)28(38)36(4)14-13-32-29-34-22-11-9-19(16-26(22)44-29)27(37)33-20-10-12-24(40-5)25(17-20)41-6/h7-12,15-17,23H,13-14,18H2,1-6H3,(H,32,34)(H,33,37)(H,35,39)/t23-/m0/s1. The number of nitrogens with one attached hydrogen (secondary N) is 3. The highest BCUT2D eigenvalue weighted by Gasteiger charge is 2.27. The Morgan fingerprint density at radius 3 is 2.48 bits per heavy atom. The average Bonchev–Trinajstić information content (AvgIpc) is 3.64. The maximum Gasteiger partial charge on any atom is 0.408 e. The number of thiophene rings is 1. The van der Waals surface area contributed by atoms with E-state index in [-0.39, 0.29) is 11.8 Å². The van der Waals surface area contributed by atoms with Gasteiger partial charge in [-0.25, -0.2) is 9.78 Å². The molecule has 0 saturated carbocycles. The number of benzene rings is 2. The number of rotatable bonds is 12. The molecule has 11 nitrogen and oxygen atoms in total. The molecule has 3 amide bonds. The normalized spacial score (nSPS) is 11.9. The lowest BCUT2D eigenvalue weighted by Gasteiger charge is -2.26. The van der Waals surface area contributed by atoms with Gasteiger partial charge in [0.1, 0.15) is 11.6 Å². The van der Waals surface area contributed by atoms with E-state index >= 15 is 0 Å². The van der Waals surface area contributed by atoms with Gasteiger partial charge in [-0.05, 0) is 62.5 Å². The van der Waals surface area contributed by atoms with Gasteiger partial charge in [0.25, 0.3) is 5.91 Å². The topological polar surface area (TPSA) is 131 Å². The minimum atomic E-state index is -0.764. The zero-order valence-corrected chi connectivity index (χ0v) is 27.2. The summed E-state index contributed by atoms with van der Waals surface area (Å²) in [5.41, 5.74) is 1.14. The summed E-state index contributed by atoms with van der Waals surface area (Å²) in [6, 6.07) is 13.6. The molecule has 0 saturated heterocycles. The molecule has 13 heteroatoms. The van der Waals surface area contributed by atoms with Gasteiger partial charge in [-0.3, -0.25) is 9.59 Å². The zero-order valence-electron chi connectivity index (χ0n) is 25.6. The summed E-state index contributed by atoms with van der Waals surface area (Å²) in [5.74, 6) is 0.603. The highest BCUT2D eigenvalue weighted by atomic mass is 32.1. The Balaban J connectivity index is 1.35. The molecule has 234 valence electrons. The third-order valence-electron chi connectivity index (χ3n) is 6.37. The number of alkyl carbamates (subject to hydrolysis) is 1. The molecule has 0 spiro atoms. The smallest absolute Gasteiger partial charge is 0.408 e. The van der Waals surface area contributed by atoms with Gasteiger partial charge in [-0.15, -0.1) is 11.3 Å². The van der Waals surface area contributed by atoms with Crippen LogP contribution in [0.25, 0.3) is 10.2 Å². The Bertz CT molecular complexity index is 1600. The van der Waals surface area contributed by atoms with E-state index in [1.54, 1.807) is 76.2 Å². The number of ether oxygens (including phenoxy) is 3. The van der Waals surface area contributed by atoms with Gasteiger partial charge in [-0.1, -0.05) is 17.4 Å². The van der Waals surface area contributed by atoms with Gasteiger partial charge in [0.15, 0.2) is 16.6 Å². The van der Waals surface area contributed by atoms with Gasteiger partial charge in [0.05, 0.1) is 24.4 Å². The molecule has 0 aliphatic rings. The van der Waals surface area contributed by atoms with Crippen LogP contribution in [0.4, 0.5) is 15.6 Å². The van der Waals surface area contributed by atoms with Gasteiger partial charge in [-0.2, -0.15) is 0 Å². The Morgan fingerprint density at radius 1 is 1.02 bits per heavy atom. The van der Waals surface area contributed by atoms with Gasteiger partial charge >= 0.3 is 6.09 Å². The van der Waals surface area contributed by atoms with Crippen molar-refractivity contribution in [3.05, 3.63) is 64.4 Å². The summed E-state index contributed by atoms with van der Waals surface area (Å²) in [6.07, 6.45) is -0.266. The molecule has 4 rings (SSSR count). The van der Waals surface area contributed by atoms with Crippen LogP contribution in [0, 0.1) is 0 Å². The molecule has 3 N–H and O–H groups in total. The summed E-state index contributed by atoms with van der Waals surface area (Å²) < 4.78 is 16.8. The number of nitrogens with zero attached hydrogens (tertiary/aromatic N) is 2. The van der Waals surface area contributed by atoms with Gasteiger partial charge in [0, 0.05) is 48.8 Å². The first-order chi connectivity index (χ1) is 21.0. The number of aromatic nitrogens is 1. The number of anilines is 2. The van der Waals surface area contributed by atoms with Gasteiger partial charge in [0.2, 0.25) is 5.91 Å². The van der Waals surface area contributed by atoms with Crippen LogP contribution in [0.3, 0.4) is 0 Å². The molecule has 0 aliphatic carbocycles. The van der Waals surface area contributed by atoms with Crippen molar-refractivity contribution in [1.29, 1.82) is 0 Å². The number of hydrogen-bond donors (Lipinski definition) is 3. The number of thiazole rings is 1. The minimum Gasteiger partial charge on any atom is -0.493 e. The predicted octanol–water partition coefficient (Wildman–Crippen LogP) is 5.63. The summed E-state index contributed by atoms with van der Waals surface area (Å²) in [7, 11) is 4.79. The van der Waals surface area contributed by atoms with Crippen LogP contribution in [0.1, 0.15) is 36.0 Å². The molecule has 0 aliphatic heterocycles. The summed E-state index contributed by atoms with van der Waals surface area (Å²) in [4.78, 5) is 45.9. The third-order valence-corrected chi connectivity index (χ3v) is 8.24. The fourth-order valence-corrected chi connectivity index (χ4v) is 5.93. The zero-order chi connectivity index (χ0) is 31.9. The number of hydrogen-bond acceptors (Lipinski definition) is 10. The second kappa shape index (κ2) is 14.4. The van der Waals surface area contributed by atoms with Crippen molar-refractivity contribution in [2.24, 2.45) is 0 Å². The van der Waals surface area contributed by atoms with Crippen molar-refractivity contribution < 1.29 is 28.6 Å². The number of carbonyl (C=O) groups is 3. The lowest BCUT2D eigenvalue weighted by Crippen LogP contribution is -2.50. The number of amides is 3. The average molecular weight is 640 g/mol. The Morgan fingerprint density at radius 2 is 1.80 bits per heavy atom. The van der Waals surface area contributed by atoms with Crippen LogP contribution in [0.2, 0.25) is 0 Å². The fourth-order valence-electron chi connectivity index (χ4n) is 4.25. The molecule has 0 bridgehead atoms. The van der Waals surface area contributed by atoms with Crippen LogP contribution >= 0.6 is 22.7 Å². The SMILES string of the molecule is COc1ccc(NC(=O)c2ccc3nc(NCCN(C)C(=O)[C@H](Cc4cccs4)NC(=O)OC(C)(C)C)sc3c2)cc1OC. The molecular formula is C31H37N5O6S2. The number of carbonyl (C=O) groups excluding carboxylic acids is 3. The molecule has 1 atom stereocenters. The first-order valence-electron chi connectivity index (χ1n) is 13.9. The summed E-state index contributed by atoms with van der Waals surface area (Å²) in [5, 5.41) is 11.5. The van der Waals surface area contributed by atoms with Crippen LogP contribution in [-0.4, -0.2) is 73.8 Å². The van der Waals surface area contributed by atoms with Crippen LogP contribution in [0.5, 0.6) is 11.5 Å².